The monoisotopic (exact) mass is 263 g/mol. The summed E-state index contributed by atoms with van der Waals surface area (Å²) >= 11 is 0. The third kappa shape index (κ3) is 2.94. The van der Waals surface area contributed by atoms with Gasteiger partial charge in [-0.25, -0.2) is 14.4 Å². The quantitative estimate of drug-likeness (QED) is 0.573. The molecule has 1 rings (SSSR count). The van der Waals surface area contributed by atoms with E-state index in [4.69, 9.17) is 0 Å². The van der Waals surface area contributed by atoms with E-state index in [1.54, 1.807) is 26.0 Å². The Balaban J connectivity index is 3.41. The predicted octanol–water partition coefficient (Wildman–Crippen LogP) is 1.70. The molecule has 1 aliphatic rings. The molecule has 0 spiro atoms. The van der Waals surface area contributed by atoms with Gasteiger partial charge in [-0.1, -0.05) is 13.8 Å². The molecule has 102 valence electrons. The van der Waals surface area contributed by atoms with Crippen LogP contribution in [0.5, 0.6) is 0 Å². The Labute approximate surface area is 111 Å². The molecule has 0 N–H and O–H groups in total. The summed E-state index contributed by atoms with van der Waals surface area (Å²) in [7, 11) is 0. The first kappa shape index (κ1) is 15.2. The molecule has 3 atom stereocenters. The van der Waals surface area contributed by atoms with E-state index in [1.165, 1.54) is 6.08 Å². The molecule has 0 heterocycles. The van der Waals surface area contributed by atoms with Crippen LogP contribution in [-0.4, -0.2) is 35.4 Å². The van der Waals surface area contributed by atoms with Gasteiger partial charge in [0.05, 0.1) is 17.1 Å². The van der Waals surface area contributed by atoms with Gasteiger partial charge in [-0.3, -0.25) is 0 Å². The number of nitrogens with zero attached hydrogens (tertiary/aromatic N) is 3. The molecule has 0 amide bonds. The van der Waals surface area contributed by atoms with E-state index < -0.39 is 22.5 Å². The first-order chi connectivity index (χ1) is 8.73. The van der Waals surface area contributed by atoms with Crippen LogP contribution >= 0.6 is 0 Å². The van der Waals surface area contributed by atoms with Crippen LogP contribution in [0.15, 0.2) is 15.0 Å². The van der Waals surface area contributed by atoms with E-state index in [2.05, 4.69) is 15.0 Å². The molecule has 0 aliphatic heterocycles. The van der Waals surface area contributed by atoms with E-state index in [0.717, 1.165) is 0 Å². The van der Waals surface area contributed by atoms with E-state index >= 15 is 0 Å². The minimum Gasteiger partial charge on any atom is -0.211 e. The number of aliphatic imine (C=N–C) groups is 3. The second-order valence-electron chi connectivity index (χ2n) is 6.23. The van der Waals surface area contributed by atoms with E-state index in [-0.39, 0.29) is 0 Å². The summed E-state index contributed by atoms with van der Waals surface area (Å²) < 4.78 is 0. The molecule has 19 heavy (non-hydrogen) atoms. The Morgan fingerprint density at radius 3 is 1.95 bits per heavy atom. The summed E-state index contributed by atoms with van der Waals surface area (Å²) in [6, 6.07) is -0.506. The molecule has 0 radical (unpaired) electrons. The summed E-state index contributed by atoms with van der Waals surface area (Å²) in [4.78, 5) is 43.4. The summed E-state index contributed by atoms with van der Waals surface area (Å²) in [5.41, 5.74) is -2.08. The van der Waals surface area contributed by atoms with Gasteiger partial charge in [0.25, 0.3) is 0 Å². The van der Waals surface area contributed by atoms with E-state index in [9.17, 15) is 14.4 Å². The SMILES string of the molecule is CC1(N=C=O)CC(C)(C)C(N=C=O)C(C)(N=C=O)C1. The zero-order chi connectivity index (χ0) is 14.7. The van der Waals surface area contributed by atoms with Crippen molar-refractivity contribution in [3.05, 3.63) is 0 Å². The Kier molecular flexibility index (Phi) is 4.02. The average molecular weight is 263 g/mol. The molecule has 0 saturated heterocycles. The lowest BCUT2D eigenvalue weighted by Gasteiger charge is -2.50. The van der Waals surface area contributed by atoms with E-state index in [0.29, 0.717) is 12.8 Å². The zero-order valence-corrected chi connectivity index (χ0v) is 11.6. The first-order valence-electron chi connectivity index (χ1n) is 5.98. The predicted molar refractivity (Wildman–Crippen MR) is 68.0 cm³/mol. The molecule has 6 heteroatoms. The molecule has 3 unspecified atom stereocenters. The van der Waals surface area contributed by atoms with Crippen LogP contribution in [0.2, 0.25) is 0 Å². The maximum atomic E-state index is 10.7. The van der Waals surface area contributed by atoms with Crippen molar-refractivity contribution >= 4 is 18.2 Å². The summed E-state index contributed by atoms with van der Waals surface area (Å²) in [5.74, 6) is 0. The highest BCUT2D eigenvalue weighted by molar-refractivity contribution is 5.40. The van der Waals surface area contributed by atoms with Crippen LogP contribution in [0.1, 0.15) is 40.5 Å². The maximum absolute atomic E-state index is 10.7. The van der Waals surface area contributed by atoms with Gasteiger partial charge in [-0.2, -0.15) is 15.0 Å². The number of isocyanates is 3. The molecule has 1 saturated carbocycles. The van der Waals surface area contributed by atoms with Gasteiger partial charge in [-0.15, -0.1) is 0 Å². The van der Waals surface area contributed by atoms with Gasteiger partial charge in [0.15, 0.2) is 0 Å². The van der Waals surface area contributed by atoms with E-state index in [1.807, 2.05) is 13.8 Å². The standard InChI is InChI=1S/C13H17N3O3/c1-11(2)5-12(3,15-8-18)6-13(4,16-9-19)10(11)14-7-17/h10H,5-6H2,1-4H3. The third-order valence-electron chi connectivity index (χ3n) is 3.70. The van der Waals surface area contributed by atoms with Crippen LogP contribution < -0.4 is 0 Å². The highest BCUT2D eigenvalue weighted by atomic mass is 16.1. The molecule has 0 aromatic heterocycles. The minimum atomic E-state index is -0.935. The minimum absolute atomic E-state index is 0.323. The molecule has 6 nitrogen and oxygen atoms in total. The Hall–Kier alpha value is -1.86. The van der Waals surface area contributed by atoms with Crippen LogP contribution in [-0.2, 0) is 14.4 Å². The summed E-state index contributed by atoms with van der Waals surface area (Å²) in [5, 5.41) is 0. The highest BCUT2D eigenvalue weighted by Gasteiger charge is 2.55. The molecule has 0 aromatic rings. The first-order valence-corrected chi connectivity index (χ1v) is 5.98. The van der Waals surface area contributed by atoms with Crippen molar-refractivity contribution in [3.63, 3.8) is 0 Å². The lowest BCUT2D eigenvalue weighted by molar-refractivity contribution is 0.0718. The van der Waals surface area contributed by atoms with Crippen molar-refractivity contribution in [1.29, 1.82) is 0 Å². The van der Waals surface area contributed by atoms with Gasteiger partial charge in [0.1, 0.15) is 0 Å². The highest BCUT2D eigenvalue weighted by Crippen LogP contribution is 2.50. The van der Waals surface area contributed by atoms with Crippen LogP contribution in [0.4, 0.5) is 0 Å². The molecule has 0 bridgehead atoms. The van der Waals surface area contributed by atoms with Crippen molar-refractivity contribution in [2.24, 2.45) is 20.4 Å². The fourth-order valence-corrected chi connectivity index (χ4v) is 3.61. The van der Waals surface area contributed by atoms with Crippen LogP contribution in [0.3, 0.4) is 0 Å². The van der Waals surface area contributed by atoms with Gasteiger partial charge in [0, 0.05) is 6.42 Å². The van der Waals surface area contributed by atoms with Crippen molar-refractivity contribution in [2.45, 2.75) is 57.7 Å². The Bertz CT molecular complexity index is 511. The number of hydrogen-bond acceptors (Lipinski definition) is 6. The van der Waals surface area contributed by atoms with Gasteiger partial charge in [-0.05, 0) is 25.7 Å². The fraction of sp³-hybridized carbons (Fsp3) is 0.769. The number of carbonyl (C=O) groups excluding carboxylic acids is 3. The van der Waals surface area contributed by atoms with Crippen molar-refractivity contribution in [3.8, 4) is 0 Å². The van der Waals surface area contributed by atoms with Crippen molar-refractivity contribution in [2.75, 3.05) is 0 Å². The lowest BCUT2D eigenvalue weighted by Crippen LogP contribution is -2.57. The number of rotatable bonds is 3. The summed E-state index contributed by atoms with van der Waals surface area (Å²) in [6.45, 7) is 7.31. The molecular weight excluding hydrogens is 246 g/mol. The maximum Gasteiger partial charge on any atom is 0.235 e. The molecule has 1 fully saturated rings. The van der Waals surface area contributed by atoms with Gasteiger partial charge in [0.2, 0.25) is 18.2 Å². The van der Waals surface area contributed by atoms with Crippen molar-refractivity contribution in [1.82, 2.24) is 0 Å². The van der Waals surface area contributed by atoms with Crippen LogP contribution in [0, 0.1) is 5.41 Å². The fourth-order valence-electron chi connectivity index (χ4n) is 3.61. The molecule has 1 aliphatic carbocycles. The largest absolute Gasteiger partial charge is 0.235 e. The summed E-state index contributed by atoms with van der Waals surface area (Å²) in [6.07, 6.45) is 5.50. The zero-order valence-electron chi connectivity index (χ0n) is 11.6. The van der Waals surface area contributed by atoms with Crippen molar-refractivity contribution < 1.29 is 14.4 Å². The average Bonchev–Trinajstić information content (AvgIpc) is 2.22. The molecule has 0 aromatic carbocycles. The third-order valence-corrected chi connectivity index (χ3v) is 3.70. The van der Waals surface area contributed by atoms with Gasteiger partial charge < -0.3 is 0 Å². The second-order valence-corrected chi connectivity index (χ2v) is 6.23. The Morgan fingerprint density at radius 1 is 0.895 bits per heavy atom. The second kappa shape index (κ2) is 5.02. The van der Waals surface area contributed by atoms with Crippen LogP contribution in [0.25, 0.3) is 0 Å². The molecular formula is C13H17N3O3. The lowest BCUT2D eigenvalue weighted by atomic mass is 9.59. The Morgan fingerprint density at radius 2 is 1.47 bits per heavy atom. The van der Waals surface area contributed by atoms with Gasteiger partial charge >= 0.3 is 0 Å². The normalized spacial score (nSPS) is 36.3. The smallest absolute Gasteiger partial charge is 0.211 e. The topological polar surface area (TPSA) is 88.3 Å². The number of hydrogen-bond donors (Lipinski definition) is 0.